The highest BCUT2D eigenvalue weighted by molar-refractivity contribution is 5.86. The van der Waals surface area contributed by atoms with Crippen LogP contribution in [0.5, 0.6) is 0 Å². The Kier molecular flexibility index (Phi) is 3.25. The van der Waals surface area contributed by atoms with E-state index in [9.17, 15) is 4.79 Å². The maximum absolute atomic E-state index is 11.4. The van der Waals surface area contributed by atoms with Crippen molar-refractivity contribution >= 4 is 17.6 Å². The molecule has 0 bridgehead atoms. The van der Waals surface area contributed by atoms with Gasteiger partial charge in [0.05, 0.1) is 11.9 Å². The van der Waals surface area contributed by atoms with E-state index in [0.717, 1.165) is 5.56 Å². The summed E-state index contributed by atoms with van der Waals surface area (Å²) in [6.07, 6.45) is 0.831. The van der Waals surface area contributed by atoms with Crippen molar-refractivity contribution in [3.05, 3.63) is 42.1 Å². The van der Waals surface area contributed by atoms with Gasteiger partial charge in [0, 0.05) is 0 Å². The highest BCUT2D eigenvalue weighted by Gasteiger charge is 2.07. The van der Waals surface area contributed by atoms with Gasteiger partial charge in [0.25, 0.3) is 0 Å². The normalized spacial score (nSPS) is 9.88. The van der Waals surface area contributed by atoms with E-state index in [1.807, 2.05) is 30.3 Å². The molecule has 4 N–H and O–H groups in total. The molecule has 1 heterocycles. The Morgan fingerprint density at radius 2 is 2.18 bits per heavy atom. The van der Waals surface area contributed by atoms with E-state index in [-0.39, 0.29) is 6.61 Å². The third-order valence-corrected chi connectivity index (χ3v) is 2.11. The standard InChI is InChI=1S/C11H12N4O2/c12-9-6-13-15-10(9)14-11(16)17-7-8-4-2-1-3-5-8/h1-6H,7,12H2,(H2,13,14,15,16). The first-order valence-corrected chi connectivity index (χ1v) is 5.02. The van der Waals surface area contributed by atoms with Crippen LogP contribution in [-0.2, 0) is 11.3 Å². The molecule has 0 saturated heterocycles. The Morgan fingerprint density at radius 3 is 2.82 bits per heavy atom. The lowest BCUT2D eigenvalue weighted by molar-refractivity contribution is 0.155. The number of nitrogens with one attached hydrogen (secondary N) is 2. The van der Waals surface area contributed by atoms with E-state index in [0.29, 0.717) is 11.5 Å². The van der Waals surface area contributed by atoms with Crippen LogP contribution in [0.25, 0.3) is 0 Å². The number of benzene rings is 1. The number of ether oxygens (including phenoxy) is 1. The zero-order chi connectivity index (χ0) is 12.1. The molecule has 0 radical (unpaired) electrons. The molecule has 0 unspecified atom stereocenters. The Bertz CT molecular complexity index is 495. The second-order valence-electron chi connectivity index (χ2n) is 3.39. The summed E-state index contributed by atoms with van der Waals surface area (Å²) < 4.78 is 5.00. The number of amides is 1. The van der Waals surface area contributed by atoms with Gasteiger partial charge in [-0.1, -0.05) is 30.3 Å². The molecule has 1 amide bonds. The largest absolute Gasteiger partial charge is 0.444 e. The van der Waals surface area contributed by atoms with Gasteiger partial charge >= 0.3 is 6.09 Å². The zero-order valence-electron chi connectivity index (χ0n) is 9.01. The number of anilines is 2. The summed E-state index contributed by atoms with van der Waals surface area (Å²) in [6, 6.07) is 9.40. The third-order valence-electron chi connectivity index (χ3n) is 2.11. The van der Waals surface area contributed by atoms with E-state index < -0.39 is 6.09 Å². The Labute approximate surface area is 97.8 Å². The van der Waals surface area contributed by atoms with Gasteiger partial charge in [-0.05, 0) is 5.56 Å². The molecule has 6 heteroatoms. The molecular formula is C11H12N4O2. The van der Waals surface area contributed by atoms with E-state index in [2.05, 4.69) is 15.5 Å². The van der Waals surface area contributed by atoms with Crippen molar-refractivity contribution < 1.29 is 9.53 Å². The lowest BCUT2D eigenvalue weighted by Crippen LogP contribution is -2.14. The molecule has 17 heavy (non-hydrogen) atoms. The number of nitrogen functional groups attached to an aromatic ring is 1. The summed E-state index contributed by atoms with van der Waals surface area (Å²) in [5, 5.41) is 8.68. The number of aromatic nitrogens is 2. The summed E-state index contributed by atoms with van der Waals surface area (Å²) >= 11 is 0. The average Bonchev–Trinajstić information content (AvgIpc) is 2.74. The summed E-state index contributed by atoms with van der Waals surface area (Å²) in [4.78, 5) is 11.4. The summed E-state index contributed by atoms with van der Waals surface area (Å²) in [6.45, 7) is 0.209. The number of aromatic amines is 1. The van der Waals surface area contributed by atoms with Crippen molar-refractivity contribution in [2.45, 2.75) is 6.61 Å². The molecule has 0 aliphatic carbocycles. The monoisotopic (exact) mass is 232 g/mol. The minimum absolute atomic E-state index is 0.209. The van der Waals surface area contributed by atoms with Crippen LogP contribution in [0.3, 0.4) is 0 Å². The smallest absolute Gasteiger partial charge is 0.413 e. The number of hydrogen-bond acceptors (Lipinski definition) is 4. The van der Waals surface area contributed by atoms with Crippen molar-refractivity contribution in [1.82, 2.24) is 10.2 Å². The number of carbonyl (C=O) groups is 1. The van der Waals surface area contributed by atoms with Crippen LogP contribution in [0.15, 0.2) is 36.5 Å². The highest BCUT2D eigenvalue weighted by atomic mass is 16.5. The lowest BCUT2D eigenvalue weighted by Gasteiger charge is -2.05. The summed E-state index contributed by atoms with van der Waals surface area (Å²) in [5.74, 6) is 0.336. The van der Waals surface area contributed by atoms with Gasteiger partial charge in [0.2, 0.25) is 0 Å². The predicted molar refractivity (Wildman–Crippen MR) is 63.2 cm³/mol. The number of carbonyl (C=O) groups excluding carboxylic acids is 1. The van der Waals surface area contributed by atoms with Crippen LogP contribution < -0.4 is 11.1 Å². The first-order chi connectivity index (χ1) is 8.25. The fourth-order valence-electron chi connectivity index (χ4n) is 1.26. The number of nitrogens with two attached hydrogens (primary N) is 1. The van der Waals surface area contributed by atoms with Crippen molar-refractivity contribution in [1.29, 1.82) is 0 Å². The van der Waals surface area contributed by atoms with E-state index in [4.69, 9.17) is 10.5 Å². The first kappa shape index (κ1) is 11.0. The number of hydrogen-bond donors (Lipinski definition) is 3. The Morgan fingerprint density at radius 1 is 1.41 bits per heavy atom. The molecule has 2 aromatic rings. The van der Waals surface area contributed by atoms with Crippen LogP contribution >= 0.6 is 0 Å². The van der Waals surface area contributed by atoms with Crippen LogP contribution in [-0.4, -0.2) is 16.3 Å². The van der Waals surface area contributed by atoms with Crippen molar-refractivity contribution in [3.63, 3.8) is 0 Å². The summed E-state index contributed by atoms with van der Waals surface area (Å²) in [7, 11) is 0. The van der Waals surface area contributed by atoms with Crippen LogP contribution in [0.4, 0.5) is 16.3 Å². The quantitative estimate of drug-likeness (QED) is 0.751. The molecule has 0 aliphatic rings. The van der Waals surface area contributed by atoms with E-state index >= 15 is 0 Å². The predicted octanol–water partition coefficient (Wildman–Crippen LogP) is 1.74. The Hall–Kier alpha value is -2.50. The van der Waals surface area contributed by atoms with Gasteiger partial charge in [-0.3, -0.25) is 10.4 Å². The van der Waals surface area contributed by atoms with E-state index in [1.54, 1.807) is 0 Å². The van der Waals surface area contributed by atoms with Gasteiger partial charge in [0.1, 0.15) is 6.61 Å². The molecule has 0 aliphatic heterocycles. The molecule has 0 saturated carbocycles. The molecular weight excluding hydrogens is 220 g/mol. The number of H-pyrrole nitrogens is 1. The third kappa shape index (κ3) is 2.97. The molecule has 88 valence electrons. The van der Waals surface area contributed by atoms with Crippen molar-refractivity contribution in [2.24, 2.45) is 0 Å². The van der Waals surface area contributed by atoms with Gasteiger partial charge in [0.15, 0.2) is 5.82 Å². The SMILES string of the molecule is Nc1cn[nH]c1NC(=O)OCc1ccccc1. The van der Waals surface area contributed by atoms with Crippen LogP contribution in [0, 0.1) is 0 Å². The maximum atomic E-state index is 11.4. The molecule has 1 aromatic carbocycles. The molecule has 0 spiro atoms. The van der Waals surface area contributed by atoms with Gasteiger partial charge in [-0.2, -0.15) is 5.10 Å². The fraction of sp³-hybridized carbons (Fsp3) is 0.0909. The number of nitrogens with zero attached hydrogens (tertiary/aromatic N) is 1. The molecule has 6 nitrogen and oxygen atoms in total. The van der Waals surface area contributed by atoms with Gasteiger partial charge < -0.3 is 10.5 Å². The molecule has 1 aromatic heterocycles. The second-order valence-corrected chi connectivity index (χ2v) is 3.39. The molecule has 0 fully saturated rings. The van der Waals surface area contributed by atoms with Crippen molar-refractivity contribution in [3.8, 4) is 0 Å². The van der Waals surface area contributed by atoms with Gasteiger partial charge in [-0.25, -0.2) is 4.79 Å². The number of rotatable bonds is 3. The first-order valence-electron chi connectivity index (χ1n) is 5.02. The second kappa shape index (κ2) is 5.02. The summed E-state index contributed by atoms with van der Waals surface area (Å²) in [5.41, 5.74) is 6.81. The fourth-order valence-corrected chi connectivity index (χ4v) is 1.26. The highest BCUT2D eigenvalue weighted by Crippen LogP contribution is 2.12. The van der Waals surface area contributed by atoms with Gasteiger partial charge in [-0.15, -0.1) is 0 Å². The van der Waals surface area contributed by atoms with Crippen LogP contribution in [0.1, 0.15) is 5.56 Å². The van der Waals surface area contributed by atoms with E-state index in [1.165, 1.54) is 6.20 Å². The minimum Gasteiger partial charge on any atom is -0.444 e. The zero-order valence-corrected chi connectivity index (χ0v) is 9.01. The van der Waals surface area contributed by atoms with Crippen molar-refractivity contribution in [2.75, 3.05) is 11.1 Å². The molecule has 2 rings (SSSR count). The Balaban J connectivity index is 1.85. The molecule has 0 atom stereocenters. The average molecular weight is 232 g/mol. The maximum Gasteiger partial charge on any atom is 0.413 e. The topological polar surface area (TPSA) is 93.0 Å². The van der Waals surface area contributed by atoms with Crippen LogP contribution in [0.2, 0.25) is 0 Å². The minimum atomic E-state index is -0.579. The lowest BCUT2D eigenvalue weighted by atomic mass is 10.2.